The molecule has 0 atom stereocenters. The molecular formula is C23H24N4OS. The Bertz CT molecular complexity index is 1200. The number of carbonyl (C=O) groups excluding carboxylic acids is 1. The van der Waals surface area contributed by atoms with Crippen LogP contribution in [-0.4, -0.2) is 26.3 Å². The highest BCUT2D eigenvalue weighted by molar-refractivity contribution is 7.99. The molecule has 0 aliphatic rings. The second-order valence-corrected chi connectivity index (χ2v) is 8.19. The maximum absolute atomic E-state index is 12.4. The van der Waals surface area contributed by atoms with E-state index >= 15 is 0 Å². The molecule has 0 unspecified atom stereocenters. The predicted octanol–water partition coefficient (Wildman–Crippen LogP) is 5.18. The van der Waals surface area contributed by atoms with Crippen molar-refractivity contribution in [3.05, 3.63) is 65.2 Å². The van der Waals surface area contributed by atoms with Gasteiger partial charge in [-0.15, -0.1) is 10.2 Å². The minimum Gasteiger partial charge on any atom is -0.326 e. The van der Waals surface area contributed by atoms with Crippen LogP contribution in [0.2, 0.25) is 0 Å². The van der Waals surface area contributed by atoms with Crippen LogP contribution in [0.3, 0.4) is 0 Å². The Balaban J connectivity index is 1.51. The number of aryl methyl sites for hydroxylation is 3. The Hall–Kier alpha value is -2.86. The number of aromatic nitrogens is 3. The lowest BCUT2D eigenvalue weighted by Crippen LogP contribution is -2.13. The number of amides is 1. The number of pyridine rings is 1. The van der Waals surface area contributed by atoms with E-state index in [9.17, 15) is 4.79 Å². The molecule has 29 heavy (non-hydrogen) atoms. The van der Waals surface area contributed by atoms with E-state index < -0.39 is 0 Å². The largest absolute Gasteiger partial charge is 0.326 e. The van der Waals surface area contributed by atoms with Gasteiger partial charge in [0.1, 0.15) is 0 Å². The Morgan fingerprint density at radius 1 is 1.07 bits per heavy atom. The number of thioether (sulfide) groups is 1. The summed E-state index contributed by atoms with van der Waals surface area (Å²) in [7, 11) is 0. The summed E-state index contributed by atoms with van der Waals surface area (Å²) in [5.41, 5.74) is 6.40. The average Bonchev–Trinajstić information content (AvgIpc) is 3.11. The summed E-state index contributed by atoms with van der Waals surface area (Å²) < 4.78 is 2.10. The molecule has 0 fully saturated rings. The molecular weight excluding hydrogens is 380 g/mol. The molecule has 2 aromatic heterocycles. The lowest BCUT2D eigenvalue weighted by Gasteiger charge is -2.10. The van der Waals surface area contributed by atoms with Crippen LogP contribution in [0.1, 0.15) is 30.0 Å². The van der Waals surface area contributed by atoms with Crippen molar-refractivity contribution in [2.24, 2.45) is 0 Å². The van der Waals surface area contributed by atoms with Crippen molar-refractivity contribution in [3.8, 4) is 0 Å². The highest BCUT2D eigenvalue weighted by Gasteiger charge is 2.14. The summed E-state index contributed by atoms with van der Waals surface area (Å²) in [5, 5.41) is 13.8. The van der Waals surface area contributed by atoms with Crippen LogP contribution in [0.25, 0.3) is 16.6 Å². The quantitative estimate of drug-likeness (QED) is 0.450. The fraction of sp³-hybridized carbons (Fsp3) is 0.261. The number of nitrogens with one attached hydrogen (secondary N) is 1. The zero-order valence-electron chi connectivity index (χ0n) is 16.9. The average molecular weight is 405 g/mol. The summed E-state index contributed by atoms with van der Waals surface area (Å²) in [6, 6.07) is 16.3. The van der Waals surface area contributed by atoms with Crippen molar-refractivity contribution in [2.45, 2.75) is 38.8 Å². The van der Waals surface area contributed by atoms with Crippen LogP contribution in [-0.2, 0) is 11.2 Å². The topological polar surface area (TPSA) is 59.3 Å². The molecule has 0 radical (unpaired) electrons. The Morgan fingerprint density at radius 3 is 2.72 bits per heavy atom. The van der Waals surface area contributed by atoms with Crippen molar-refractivity contribution in [2.75, 3.05) is 11.1 Å². The fourth-order valence-corrected chi connectivity index (χ4v) is 4.50. The number of para-hydroxylation sites is 2. The van der Waals surface area contributed by atoms with Gasteiger partial charge >= 0.3 is 0 Å². The van der Waals surface area contributed by atoms with Crippen LogP contribution in [0.5, 0.6) is 0 Å². The van der Waals surface area contributed by atoms with Crippen molar-refractivity contribution < 1.29 is 4.79 Å². The minimum atomic E-state index is 0.0177. The summed E-state index contributed by atoms with van der Waals surface area (Å²) >= 11 is 1.56. The van der Waals surface area contributed by atoms with Crippen LogP contribution >= 0.6 is 11.8 Å². The van der Waals surface area contributed by atoms with Crippen LogP contribution in [0.4, 0.5) is 5.69 Å². The summed E-state index contributed by atoms with van der Waals surface area (Å²) in [6.07, 6.45) is 1.31. The molecule has 1 N–H and O–H groups in total. The first-order valence-corrected chi connectivity index (χ1v) is 10.8. The number of carbonyl (C=O) groups is 1. The van der Waals surface area contributed by atoms with Gasteiger partial charge in [-0.2, -0.15) is 0 Å². The number of hydrogen-bond donors (Lipinski definition) is 1. The van der Waals surface area contributed by atoms with Gasteiger partial charge in [-0.25, -0.2) is 0 Å². The van der Waals surface area contributed by atoms with Crippen LogP contribution in [0.15, 0.2) is 53.7 Å². The maximum atomic E-state index is 12.4. The van der Waals surface area contributed by atoms with E-state index in [0.29, 0.717) is 12.2 Å². The monoisotopic (exact) mass is 404 g/mol. The lowest BCUT2D eigenvalue weighted by atomic mass is 10.1. The van der Waals surface area contributed by atoms with Crippen molar-refractivity contribution in [3.63, 3.8) is 0 Å². The number of anilines is 1. The van der Waals surface area contributed by atoms with Crippen molar-refractivity contribution in [1.82, 2.24) is 14.6 Å². The molecule has 4 aromatic rings. The summed E-state index contributed by atoms with van der Waals surface area (Å²) in [4.78, 5) is 12.4. The molecule has 0 bridgehead atoms. The second kappa shape index (κ2) is 8.25. The van der Waals surface area contributed by atoms with Gasteiger partial charge in [0, 0.05) is 23.2 Å². The van der Waals surface area contributed by atoms with Gasteiger partial charge < -0.3 is 5.32 Å². The van der Waals surface area contributed by atoms with E-state index in [1.54, 1.807) is 11.8 Å². The first-order chi connectivity index (χ1) is 14.1. The Kier molecular flexibility index (Phi) is 5.53. The summed E-state index contributed by atoms with van der Waals surface area (Å²) in [6.45, 7) is 6.29. The molecule has 0 saturated heterocycles. The van der Waals surface area contributed by atoms with Gasteiger partial charge in [-0.3, -0.25) is 9.20 Å². The first kappa shape index (κ1) is 19.5. The third kappa shape index (κ3) is 3.85. The van der Waals surface area contributed by atoms with E-state index in [4.69, 9.17) is 0 Å². The minimum absolute atomic E-state index is 0.0177. The molecule has 0 saturated carbocycles. The zero-order chi connectivity index (χ0) is 20.4. The standard InChI is InChI=1S/C23H24N4OS/c1-4-17-9-5-6-11-19(17)24-21(28)12-13-29-23-26-25-20-14-16(3)18-10-7-8-15(2)22(18)27(20)23/h5-11,14H,4,12-13H2,1-3H3,(H,24,28). The third-order valence-corrected chi connectivity index (χ3v) is 6.05. The van der Waals surface area contributed by atoms with Gasteiger partial charge in [0.05, 0.1) is 5.52 Å². The fourth-order valence-electron chi connectivity index (χ4n) is 3.62. The number of rotatable bonds is 6. The maximum Gasteiger partial charge on any atom is 0.225 e. The van der Waals surface area contributed by atoms with E-state index in [0.717, 1.165) is 34.0 Å². The van der Waals surface area contributed by atoms with Gasteiger partial charge in [-0.05, 0) is 49.1 Å². The Morgan fingerprint density at radius 2 is 1.90 bits per heavy atom. The predicted molar refractivity (Wildman–Crippen MR) is 120 cm³/mol. The smallest absolute Gasteiger partial charge is 0.225 e. The molecule has 0 spiro atoms. The van der Waals surface area contributed by atoms with Crippen LogP contribution < -0.4 is 5.32 Å². The van der Waals surface area contributed by atoms with E-state index in [1.807, 2.05) is 24.3 Å². The molecule has 0 aliphatic heterocycles. The molecule has 0 aliphatic carbocycles. The molecule has 1 amide bonds. The summed E-state index contributed by atoms with van der Waals surface area (Å²) in [5.74, 6) is 0.659. The van der Waals surface area contributed by atoms with Gasteiger partial charge in [0.25, 0.3) is 0 Å². The van der Waals surface area contributed by atoms with E-state index in [1.165, 1.54) is 16.5 Å². The lowest BCUT2D eigenvalue weighted by molar-refractivity contribution is -0.115. The number of hydrogen-bond acceptors (Lipinski definition) is 4. The molecule has 4 rings (SSSR count). The van der Waals surface area contributed by atoms with Crippen LogP contribution in [0, 0.1) is 13.8 Å². The van der Waals surface area contributed by atoms with Crippen molar-refractivity contribution >= 4 is 39.9 Å². The van der Waals surface area contributed by atoms with Gasteiger partial charge in [-0.1, -0.05) is 55.1 Å². The first-order valence-electron chi connectivity index (χ1n) is 9.83. The van der Waals surface area contributed by atoms with Gasteiger partial charge in [0.15, 0.2) is 10.8 Å². The third-order valence-electron chi connectivity index (χ3n) is 5.12. The number of benzene rings is 2. The molecule has 2 aromatic carbocycles. The zero-order valence-corrected chi connectivity index (χ0v) is 17.7. The Labute approximate surface area is 174 Å². The van der Waals surface area contributed by atoms with E-state index in [-0.39, 0.29) is 5.91 Å². The molecule has 6 heteroatoms. The highest BCUT2D eigenvalue weighted by atomic mass is 32.2. The normalized spacial score (nSPS) is 11.3. The molecule has 2 heterocycles. The number of fused-ring (bicyclic) bond motifs is 3. The number of nitrogens with zero attached hydrogens (tertiary/aromatic N) is 3. The highest BCUT2D eigenvalue weighted by Crippen LogP contribution is 2.28. The molecule has 148 valence electrons. The van der Waals surface area contributed by atoms with E-state index in [2.05, 4.69) is 65.0 Å². The second-order valence-electron chi connectivity index (χ2n) is 7.13. The van der Waals surface area contributed by atoms with Gasteiger partial charge in [0.2, 0.25) is 5.91 Å². The SMILES string of the molecule is CCc1ccccc1NC(=O)CCSc1nnc2cc(C)c3cccc(C)c3n12. The van der Waals surface area contributed by atoms with Crippen molar-refractivity contribution in [1.29, 1.82) is 0 Å². The molecule has 5 nitrogen and oxygen atoms in total.